The number of nitrogens with one attached hydrogen (secondary N) is 1. The number of ether oxygens (including phenoxy) is 1. The predicted octanol–water partition coefficient (Wildman–Crippen LogP) is 2.37. The summed E-state index contributed by atoms with van der Waals surface area (Å²) in [6.07, 6.45) is 5.56. The second-order valence-corrected chi connectivity index (χ2v) is 5.85. The Morgan fingerprint density at radius 3 is 2.79 bits per heavy atom. The van der Waals surface area contributed by atoms with E-state index in [-0.39, 0.29) is 30.6 Å². The molecule has 0 aliphatic rings. The van der Waals surface area contributed by atoms with Crippen LogP contribution in [0.3, 0.4) is 0 Å². The van der Waals surface area contributed by atoms with E-state index in [4.69, 9.17) is 4.74 Å². The van der Waals surface area contributed by atoms with Crippen molar-refractivity contribution in [1.29, 1.82) is 0 Å². The number of rotatable bonds is 8. The average Bonchev–Trinajstić information content (AvgIpc) is 3.05. The maximum atomic E-state index is 12.4. The molecule has 1 aromatic carbocycles. The summed E-state index contributed by atoms with van der Waals surface area (Å²) in [5, 5.41) is 2.89. The average molecular weight is 329 g/mol. The second kappa shape index (κ2) is 8.29. The van der Waals surface area contributed by atoms with E-state index in [9.17, 15) is 9.59 Å². The largest absolute Gasteiger partial charge is 0.496 e. The lowest BCUT2D eigenvalue weighted by Crippen LogP contribution is -2.35. The number of carbonyl (C=O) groups excluding carboxylic acids is 2. The minimum atomic E-state index is -0.136. The van der Waals surface area contributed by atoms with Crippen molar-refractivity contribution < 1.29 is 14.3 Å². The van der Waals surface area contributed by atoms with E-state index in [1.807, 2.05) is 30.7 Å². The highest BCUT2D eigenvalue weighted by molar-refractivity contribution is 6.00. The van der Waals surface area contributed by atoms with Crippen LogP contribution in [-0.2, 0) is 11.3 Å². The molecule has 128 valence electrons. The number of ketones is 1. The molecule has 0 saturated carbocycles. The zero-order valence-electron chi connectivity index (χ0n) is 14.3. The summed E-state index contributed by atoms with van der Waals surface area (Å²) in [5.41, 5.74) is 1.51. The van der Waals surface area contributed by atoms with Crippen molar-refractivity contribution in [3.05, 3.63) is 48.0 Å². The van der Waals surface area contributed by atoms with Gasteiger partial charge in [0.15, 0.2) is 5.78 Å². The zero-order valence-corrected chi connectivity index (χ0v) is 14.3. The molecule has 1 heterocycles. The van der Waals surface area contributed by atoms with E-state index >= 15 is 0 Å². The van der Waals surface area contributed by atoms with Crippen LogP contribution in [-0.4, -0.2) is 34.4 Å². The Labute approximate surface area is 141 Å². The Balaban J connectivity index is 1.85. The molecule has 0 aliphatic heterocycles. The van der Waals surface area contributed by atoms with Gasteiger partial charge >= 0.3 is 0 Å². The van der Waals surface area contributed by atoms with Gasteiger partial charge in [0.05, 0.1) is 19.0 Å². The Bertz CT molecular complexity index is 696. The molecule has 0 saturated heterocycles. The van der Waals surface area contributed by atoms with Gasteiger partial charge in [-0.1, -0.05) is 11.6 Å². The van der Waals surface area contributed by atoms with E-state index in [1.165, 1.54) is 7.11 Å². The molecule has 2 aromatic rings. The number of nitrogens with zero attached hydrogens (tertiary/aromatic N) is 2. The number of methoxy groups -OCH3 is 1. The third-order valence-corrected chi connectivity index (χ3v) is 3.69. The lowest BCUT2D eigenvalue weighted by Gasteiger charge is -2.14. The van der Waals surface area contributed by atoms with Gasteiger partial charge in [0, 0.05) is 37.8 Å². The first-order valence-corrected chi connectivity index (χ1v) is 7.92. The highest BCUT2D eigenvalue weighted by Gasteiger charge is 2.15. The van der Waals surface area contributed by atoms with Crippen LogP contribution in [0.25, 0.3) is 0 Å². The highest BCUT2D eigenvalue weighted by atomic mass is 16.5. The van der Waals surface area contributed by atoms with Crippen molar-refractivity contribution in [2.24, 2.45) is 0 Å². The van der Waals surface area contributed by atoms with Gasteiger partial charge in [-0.2, -0.15) is 0 Å². The fourth-order valence-electron chi connectivity index (χ4n) is 2.51. The molecular weight excluding hydrogens is 306 g/mol. The molecule has 6 heteroatoms. The van der Waals surface area contributed by atoms with Crippen LogP contribution in [0.2, 0.25) is 0 Å². The smallest absolute Gasteiger partial charge is 0.220 e. The molecule has 0 bridgehead atoms. The first kappa shape index (κ1) is 17.7. The summed E-state index contributed by atoms with van der Waals surface area (Å²) in [6.45, 7) is 4.48. The molecule has 0 spiro atoms. The van der Waals surface area contributed by atoms with E-state index in [2.05, 4.69) is 10.3 Å². The summed E-state index contributed by atoms with van der Waals surface area (Å²) in [4.78, 5) is 28.3. The van der Waals surface area contributed by atoms with Crippen molar-refractivity contribution in [2.75, 3.05) is 7.11 Å². The fourth-order valence-corrected chi connectivity index (χ4v) is 2.51. The van der Waals surface area contributed by atoms with Crippen molar-refractivity contribution in [2.45, 2.75) is 39.3 Å². The topological polar surface area (TPSA) is 73.2 Å². The Morgan fingerprint density at radius 2 is 2.12 bits per heavy atom. The van der Waals surface area contributed by atoms with Gasteiger partial charge in [0.2, 0.25) is 5.91 Å². The number of amides is 1. The molecule has 6 nitrogen and oxygen atoms in total. The Hall–Kier alpha value is -2.63. The molecule has 0 radical (unpaired) electrons. The van der Waals surface area contributed by atoms with Crippen molar-refractivity contribution in [1.82, 2.24) is 14.9 Å². The molecule has 2 rings (SSSR count). The summed E-state index contributed by atoms with van der Waals surface area (Å²) in [7, 11) is 1.53. The first-order valence-electron chi connectivity index (χ1n) is 7.92. The normalized spacial score (nSPS) is 11.8. The number of imidazole rings is 1. The van der Waals surface area contributed by atoms with Gasteiger partial charge in [-0.15, -0.1) is 0 Å². The number of hydrogen-bond acceptors (Lipinski definition) is 4. The third kappa shape index (κ3) is 4.94. The van der Waals surface area contributed by atoms with Gasteiger partial charge in [-0.25, -0.2) is 4.98 Å². The minimum Gasteiger partial charge on any atom is -0.496 e. The summed E-state index contributed by atoms with van der Waals surface area (Å²) < 4.78 is 7.12. The van der Waals surface area contributed by atoms with Crippen LogP contribution in [0.15, 0.2) is 36.9 Å². The van der Waals surface area contributed by atoms with E-state index < -0.39 is 0 Å². The summed E-state index contributed by atoms with van der Waals surface area (Å²) in [5.74, 6) is 0.315. The lowest BCUT2D eigenvalue weighted by molar-refractivity contribution is -0.121. The zero-order chi connectivity index (χ0) is 17.5. The summed E-state index contributed by atoms with van der Waals surface area (Å²) >= 11 is 0. The van der Waals surface area contributed by atoms with E-state index in [0.717, 1.165) is 5.56 Å². The van der Waals surface area contributed by atoms with Gasteiger partial charge < -0.3 is 14.6 Å². The molecule has 1 N–H and O–H groups in total. The Kier molecular flexibility index (Phi) is 6.12. The lowest BCUT2D eigenvalue weighted by atomic mass is 10.0. The number of carbonyl (C=O) groups is 2. The SMILES string of the molecule is COc1ccc(C)cc1C(=O)CCC(=O)N[C@@H](C)Cn1ccnc1. The molecule has 0 aliphatic carbocycles. The maximum Gasteiger partial charge on any atom is 0.220 e. The van der Waals surface area contributed by atoms with E-state index in [1.54, 1.807) is 24.7 Å². The molecule has 0 fully saturated rings. The molecular formula is C18H23N3O3. The monoisotopic (exact) mass is 329 g/mol. The van der Waals surface area contributed by atoms with Gasteiger partial charge in [0.1, 0.15) is 5.75 Å². The van der Waals surface area contributed by atoms with Gasteiger partial charge in [-0.3, -0.25) is 9.59 Å². The minimum absolute atomic E-state index is 0.0321. The second-order valence-electron chi connectivity index (χ2n) is 5.85. The quantitative estimate of drug-likeness (QED) is 0.755. The predicted molar refractivity (Wildman–Crippen MR) is 91.1 cm³/mol. The number of aryl methyl sites for hydroxylation is 1. The maximum absolute atomic E-state index is 12.4. The first-order chi connectivity index (χ1) is 11.5. The van der Waals surface area contributed by atoms with Gasteiger partial charge in [-0.05, 0) is 26.0 Å². The number of aromatic nitrogens is 2. The van der Waals surface area contributed by atoms with Crippen LogP contribution in [0.1, 0.15) is 35.7 Å². The van der Waals surface area contributed by atoms with E-state index in [0.29, 0.717) is 17.9 Å². The van der Waals surface area contributed by atoms with Crippen molar-refractivity contribution >= 4 is 11.7 Å². The van der Waals surface area contributed by atoms with Crippen LogP contribution >= 0.6 is 0 Å². The van der Waals surface area contributed by atoms with Crippen molar-refractivity contribution in [3.63, 3.8) is 0 Å². The standard InChI is InChI=1S/C18H23N3O3/c1-13-4-6-17(24-3)15(10-13)16(22)5-7-18(23)20-14(2)11-21-9-8-19-12-21/h4,6,8-10,12,14H,5,7,11H2,1-3H3,(H,20,23)/t14-/m0/s1. The molecule has 1 atom stereocenters. The van der Waals surface area contributed by atoms with Crippen LogP contribution in [0.4, 0.5) is 0 Å². The molecule has 1 amide bonds. The van der Waals surface area contributed by atoms with Crippen molar-refractivity contribution in [3.8, 4) is 5.75 Å². The van der Waals surface area contributed by atoms with Gasteiger partial charge in [0.25, 0.3) is 0 Å². The molecule has 1 aromatic heterocycles. The highest BCUT2D eigenvalue weighted by Crippen LogP contribution is 2.21. The number of Topliss-reactive ketones (excluding diaryl/α,β-unsaturated/α-hetero) is 1. The Morgan fingerprint density at radius 1 is 1.33 bits per heavy atom. The number of hydrogen-bond donors (Lipinski definition) is 1. The third-order valence-electron chi connectivity index (χ3n) is 3.69. The van der Waals surface area contributed by atoms with Crippen LogP contribution in [0, 0.1) is 6.92 Å². The number of benzene rings is 1. The molecule has 0 unspecified atom stereocenters. The fraction of sp³-hybridized carbons (Fsp3) is 0.389. The van der Waals surface area contributed by atoms with Crippen LogP contribution in [0.5, 0.6) is 5.75 Å². The molecule has 24 heavy (non-hydrogen) atoms. The van der Waals surface area contributed by atoms with Crippen LogP contribution < -0.4 is 10.1 Å². The summed E-state index contributed by atoms with van der Waals surface area (Å²) in [6, 6.07) is 5.42.